The Hall–Kier alpha value is -2.86. The number of carbonyl (C=O) groups excluding carboxylic acids is 2. The minimum absolute atomic E-state index is 0.330. The van der Waals surface area contributed by atoms with Crippen molar-refractivity contribution in [1.29, 1.82) is 0 Å². The molecule has 1 heterocycles. The Kier molecular flexibility index (Phi) is 13.7. The second-order valence-electron chi connectivity index (χ2n) is 11.5. The summed E-state index contributed by atoms with van der Waals surface area (Å²) in [6, 6.07) is 15.7. The molecule has 0 spiro atoms. The van der Waals surface area contributed by atoms with Crippen molar-refractivity contribution in [3.63, 3.8) is 0 Å². The molecule has 3 unspecified atom stereocenters. The van der Waals surface area contributed by atoms with E-state index in [-0.39, 0.29) is 5.97 Å². The monoisotopic (exact) mass is 542 g/mol. The van der Waals surface area contributed by atoms with Crippen molar-refractivity contribution in [2.45, 2.75) is 112 Å². The SMILES string of the molecule is CCC(C)(C)C(=O)OC1CCOC1=O.CCC(C)c1ccc(C(C)(C)O)cc1.CCC(C)c1ccc(O)cc1. The lowest BCUT2D eigenvalue weighted by atomic mass is 9.90. The molecule has 0 radical (unpaired) electrons. The lowest BCUT2D eigenvalue weighted by Gasteiger charge is -2.21. The topological polar surface area (TPSA) is 93.1 Å². The van der Waals surface area contributed by atoms with Crippen LogP contribution in [0.1, 0.15) is 117 Å². The van der Waals surface area contributed by atoms with Crippen LogP contribution >= 0.6 is 0 Å². The Morgan fingerprint density at radius 1 is 0.923 bits per heavy atom. The van der Waals surface area contributed by atoms with Gasteiger partial charge in [0.1, 0.15) is 5.75 Å². The zero-order valence-electron chi connectivity index (χ0n) is 25.4. The number of hydrogen-bond donors (Lipinski definition) is 2. The van der Waals surface area contributed by atoms with E-state index in [1.165, 1.54) is 11.1 Å². The van der Waals surface area contributed by atoms with Gasteiger partial charge in [0, 0.05) is 6.42 Å². The first-order valence-electron chi connectivity index (χ1n) is 14.2. The number of esters is 2. The smallest absolute Gasteiger partial charge is 0.347 e. The summed E-state index contributed by atoms with van der Waals surface area (Å²) in [5.41, 5.74) is 2.37. The van der Waals surface area contributed by atoms with E-state index in [0.717, 1.165) is 18.4 Å². The summed E-state index contributed by atoms with van der Waals surface area (Å²) in [7, 11) is 0. The third-order valence-corrected chi connectivity index (χ3v) is 7.45. The van der Waals surface area contributed by atoms with Crippen LogP contribution in [0.5, 0.6) is 5.75 Å². The number of benzene rings is 2. The minimum atomic E-state index is -0.728. The molecule has 0 aliphatic carbocycles. The Bertz CT molecular complexity index is 1000. The molecule has 39 heavy (non-hydrogen) atoms. The zero-order valence-corrected chi connectivity index (χ0v) is 25.4. The molecule has 1 aliphatic heterocycles. The van der Waals surface area contributed by atoms with Gasteiger partial charge in [-0.1, -0.05) is 71.0 Å². The van der Waals surface area contributed by atoms with E-state index in [1.807, 2.05) is 45.0 Å². The summed E-state index contributed by atoms with van der Waals surface area (Å²) in [4.78, 5) is 22.6. The van der Waals surface area contributed by atoms with Crippen molar-refractivity contribution >= 4 is 11.9 Å². The van der Waals surface area contributed by atoms with E-state index >= 15 is 0 Å². The standard InChI is InChI=1S/C13H20O.C10H16O4.C10H14O/c1-5-10(2)11-6-8-12(9-7-11)13(3,4)14;1-4-10(2,3)9(12)14-7-5-6-13-8(7)11;1-3-8(2)9-4-6-10(11)7-5-9/h6-10,14H,5H2,1-4H3;7H,4-6H2,1-3H3;4-8,11H,3H2,1-2H3. The molecule has 218 valence electrons. The van der Waals surface area contributed by atoms with Crippen LogP contribution < -0.4 is 0 Å². The third kappa shape index (κ3) is 11.4. The number of aliphatic hydroxyl groups is 1. The van der Waals surface area contributed by atoms with Gasteiger partial charge in [-0.3, -0.25) is 4.79 Å². The van der Waals surface area contributed by atoms with Gasteiger partial charge in [-0.05, 0) is 87.6 Å². The highest BCUT2D eigenvalue weighted by molar-refractivity contribution is 5.82. The molecule has 2 N–H and O–H groups in total. The van der Waals surface area contributed by atoms with Crippen molar-refractivity contribution in [3.05, 3.63) is 65.2 Å². The predicted molar refractivity (Wildman–Crippen MR) is 157 cm³/mol. The second kappa shape index (κ2) is 15.7. The van der Waals surface area contributed by atoms with E-state index < -0.39 is 23.1 Å². The van der Waals surface area contributed by atoms with Gasteiger partial charge in [-0.15, -0.1) is 0 Å². The summed E-state index contributed by atoms with van der Waals surface area (Å²) >= 11 is 0. The lowest BCUT2D eigenvalue weighted by Crippen LogP contribution is -2.32. The number of aromatic hydroxyl groups is 1. The van der Waals surface area contributed by atoms with Crippen molar-refractivity contribution in [2.24, 2.45) is 5.41 Å². The van der Waals surface area contributed by atoms with Crippen molar-refractivity contribution in [1.82, 2.24) is 0 Å². The van der Waals surface area contributed by atoms with Crippen molar-refractivity contribution in [3.8, 4) is 5.75 Å². The summed E-state index contributed by atoms with van der Waals surface area (Å²) in [6.07, 6.45) is 2.78. The first kappa shape index (κ1) is 34.2. The van der Waals surface area contributed by atoms with E-state index in [2.05, 4.69) is 39.8 Å². The Morgan fingerprint density at radius 2 is 1.38 bits per heavy atom. The van der Waals surface area contributed by atoms with Gasteiger partial charge in [-0.25, -0.2) is 4.79 Å². The van der Waals surface area contributed by atoms with Gasteiger partial charge in [0.2, 0.25) is 6.10 Å². The minimum Gasteiger partial charge on any atom is -0.508 e. The summed E-state index contributed by atoms with van der Waals surface area (Å²) in [6.45, 7) is 18.2. The third-order valence-electron chi connectivity index (χ3n) is 7.45. The van der Waals surface area contributed by atoms with Crippen LogP contribution in [-0.2, 0) is 24.7 Å². The quantitative estimate of drug-likeness (QED) is 0.333. The number of phenolic OH excluding ortho intramolecular Hbond substituents is 1. The first-order valence-corrected chi connectivity index (χ1v) is 14.2. The molecule has 0 amide bonds. The number of ether oxygens (including phenoxy) is 2. The molecule has 1 saturated heterocycles. The van der Waals surface area contributed by atoms with Crippen LogP contribution in [0.2, 0.25) is 0 Å². The molecular weight excluding hydrogens is 492 g/mol. The highest BCUT2D eigenvalue weighted by Crippen LogP contribution is 2.25. The molecular formula is C33H50O6. The summed E-state index contributed by atoms with van der Waals surface area (Å²) < 4.78 is 9.76. The molecule has 1 aliphatic rings. The molecule has 1 fully saturated rings. The first-order chi connectivity index (χ1) is 18.2. The molecule has 2 aromatic rings. The average Bonchev–Trinajstić information content (AvgIpc) is 3.32. The number of cyclic esters (lactones) is 1. The fourth-order valence-corrected chi connectivity index (χ4v) is 3.51. The maximum atomic E-state index is 11.6. The molecule has 3 atom stereocenters. The second-order valence-corrected chi connectivity index (χ2v) is 11.5. The highest BCUT2D eigenvalue weighted by Gasteiger charge is 2.35. The zero-order chi connectivity index (χ0) is 29.8. The van der Waals surface area contributed by atoms with E-state index in [1.54, 1.807) is 26.0 Å². The Morgan fingerprint density at radius 3 is 1.74 bits per heavy atom. The Labute approximate surface area is 235 Å². The van der Waals surface area contributed by atoms with Gasteiger partial charge in [0.15, 0.2) is 0 Å². The number of phenols is 1. The normalized spacial score (nSPS) is 16.6. The van der Waals surface area contributed by atoms with Crippen LogP contribution in [-0.4, -0.2) is 34.9 Å². The van der Waals surface area contributed by atoms with Gasteiger partial charge in [-0.2, -0.15) is 0 Å². The van der Waals surface area contributed by atoms with E-state index in [0.29, 0.717) is 37.0 Å². The van der Waals surface area contributed by atoms with E-state index in [9.17, 15) is 14.7 Å². The summed E-state index contributed by atoms with van der Waals surface area (Å²) in [5, 5.41) is 18.8. The number of hydrogen-bond acceptors (Lipinski definition) is 6. The van der Waals surface area contributed by atoms with E-state index in [4.69, 9.17) is 14.6 Å². The van der Waals surface area contributed by atoms with Crippen LogP contribution in [0.4, 0.5) is 0 Å². The predicted octanol–water partition coefficient (Wildman–Crippen LogP) is 7.61. The van der Waals surface area contributed by atoms with Crippen LogP contribution in [0.3, 0.4) is 0 Å². The maximum absolute atomic E-state index is 11.6. The fraction of sp³-hybridized carbons (Fsp3) is 0.576. The van der Waals surface area contributed by atoms with Gasteiger partial charge in [0.25, 0.3) is 0 Å². The Balaban J connectivity index is 0.000000295. The highest BCUT2D eigenvalue weighted by atomic mass is 16.6. The van der Waals surface area contributed by atoms with Crippen LogP contribution in [0.15, 0.2) is 48.5 Å². The molecule has 6 heteroatoms. The molecule has 6 nitrogen and oxygen atoms in total. The average molecular weight is 543 g/mol. The summed E-state index contributed by atoms with van der Waals surface area (Å²) in [5.74, 6) is 0.785. The van der Waals surface area contributed by atoms with Crippen molar-refractivity contribution < 1.29 is 29.3 Å². The number of rotatable bonds is 8. The molecule has 0 aromatic heterocycles. The van der Waals surface area contributed by atoms with Gasteiger partial charge < -0.3 is 19.7 Å². The molecule has 0 saturated carbocycles. The largest absolute Gasteiger partial charge is 0.508 e. The van der Waals surface area contributed by atoms with Crippen LogP contribution in [0.25, 0.3) is 0 Å². The maximum Gasteiger partial charge on any atom is 0.347 e. The molecule has 0 bridgehead atoms. The van der Waals surface area contributed by atoms with Crippen molar-refractivity contribution in [2.75, 3.05) is 6.61 Å². The van der Waals surface area contributed by atoms with Crippen LogP contribution in [0, 0.1) is 5.41 Å². The van der Waals surface area contributed by atoms with Gasteiger partial charge in [0.05, 0.1) is 17.6 Å². The van der Waals surface area contributed by atoms with Gasteiger partial charge >= 0.3 is 11.9 Å². The molecule has 3 rings (SSSR count). The fourth-order valence-electron chi connectivity index (χ4n) is 3.51. The number of carbonyl (C=O) groups is 2. The molecule has 2 aromatic carbocycles. The lowest BCUT2D eigenvalue weighted by molar-refractivity contribution is -0.167.